The summed E-state index contributed by atoms with van der Waals surface area (Å²) in [6.45, 7) is 0.586. The molecule has 146 valence electrons. The number of benzene rings is 1. The highest BCUT2D eigenvalue weighted by atomic mass is 19.1. The molecule has 1 aliphatic carbocycles. The minimum atomic E-state index is -0.730. The van der Waals surface area contributed by atoms with Crippen molar-refractivity contribution in [2.45, 2.75) is 31.7 Å². The van der Waals surface area contributed by atoms with Crippen LogP contribution in [-0.2, 0) is 0 Å². The van der Waals surface area contributed by atoms with Crippen LogP contribution in [-0.4, -0.2) is 37.5 Å². The molecule has 0 amide bonds. The lowest BCUT2D eigenvalue weighted by atomic mass is 9.87. The molecule has 1 saturated carbocycles. The molecule has 0 saturated heterocycles. The lowest BCUT2D eigenvalue weighted by Gasteiger charge is -2.26. The van der Waals surface area contributed by atoms with Crippen LogP contribution in [0.2, 0.25) is 0 Å². The molecule has 3 aromatic rings. The Bertz CT molecular complexity index is 953. The molecular formula is C20H22FN5O2. The minimum absolute atomic E-state index is 0.154. The molecule has 7 nitrogen and oxygen atoms in total. The summed E-state index contributed by atoms with van der Waals surface area (Å²) in [6.07, 6.45) is 10.4. The molecule has 2 aromatic heterocycles. The Hall–Kier alpha value is -3.00. The Morgan fingerprint density at radius 2 is 2.04 bits per heavy atom. The molecule has 0 unspecified atom stereocenters. The molecule has 1 aliphatic rings. The molecule has 0 aliphatic heterocycles. The first-order chi connectivity index (χ1) is 13.6. The highest BCUT2D eigenvalue weighted by molar-refractivity contribution is 5.64. The first kappa shape index (κ1) is 18.4. The van der Waals surface area contributed by atoms with E-state index in [-0.39, 0.29) is 5.69 Å². The van der Waals surface area contributed by atoms with E-state index < -0.39 is 11.6 Å². The normalized spacial score (nSPS) is 19.5. The smallest absolute Gasteiger partial charge is 0.190 e. The SMILES string of the molecule is NC1CCC(COc2cncnc2-c2cnn(-c3cccc(O)c3F)c2)CC1. The topological polar surface area (TPSA) is 99.1 Å². The zero-order valence-electron chi connectivity index (χ0n) is 15.3. The van der Waals surface area contributed by atoms with Crippen molar-refractivity contribution in [3.8, 4) is 28.4 Å². The van der Waals surface area contributed by atoms with E-state index in [0.29, 0.717) is 35.6 Å². The molecule has 8 heteroatoms. The number of aromatic nitrogens is 4. The van der Waals surface area contributed by atoms with E-state index in [1.54, 1.807) is 24.7 Å². The van der Waals surface area contributed by atoms with Gasteiger partial charge in [-0.05, 0) is 43.7 Å². The van der Waals surface area contributed by atoms with Crippen LogP contribution in [0, 0.1) is 11.7 Å². The van der Waals surface area contributed by atoms with Crippen molar-refractivity contribution in [3.05, 3.63) is 48.9 Å². The van der Waals surface area contributed by atoms with Gasteiger partial charge in [-0.1, -0.05) is 6.07 Å². The molecule has 0 spiro atoms. The first-order valence-electron chi connectivity index (χ1n) is 9.33. The molecular weight excluding hydrogens is 361 g/mol. The van der Waals surface area contributed by atoms with Gasteiger partial charge in [-0.15, -0.1) is 0 Å². The summed E-state index contributed by atoms with van der Waals surface area (Å²) in [5.74, 6) is -0.120. The van der Waals surface area contributed by atoms with E-state index in [4.69, 9.17) is 10.5 Å². The van der Waals surface area contributed by atoms with Gasteiger partial charge in [0.2, 0.25) is 0 Å². The van der Waals surface area contributed by atoms with Gasteiger partial charge < -0.3 is 15.6 Å². The second kappa shape index (κ2) is 7.93. The van der Waals surface area contributed by atoms with Crippen LogP contribution in [0.5, 0.6) is 11.5 Å². The number of phenolic OH excluding ortho intramolecular Hbond substituents is 1. The fourth-order valence-corrected chi connectivity index (χ4v) is 3.46. The zero-order valence-corrected chi connectivity index (χ0v) is 15.3. The van der Waals surface area contributed by atoms with E-state index in [1.807, 2.05) is 0 Å². The van der Waals surface area contributed by atoms with Crippen LogP contribution in [0.4, 0.5) is 4.39 Å². The maximum absolute atomic E-state index is 14.2. The quantitative estimate of drug-likeness (QED) is 0.702. The number of rotatable bonds is 5. The Morgan fingerprint density at radius 3 is 2.86 bits per heavy atom. The van der Waals surface area contributed by atoms with Gasteiger partial charge in [0.25, 0.3) is 0 Å². The fourth-order valence-electron chi connectivity index (χ4n) is 3.46. The summed E-state index contributed by atoms with van der Waals surface area (Å²) in [4.78, 5) is 8.38. The number of halogens is 1. The molecule has 28 heavy (non-hydrogen) atoms. The molecule has 4 rings (SSSR count). The first-order valence-corrected chi connectivity index (χ1v) is 9.33. The van der Waals surface area contributed by atoms with Crippen LogP contribution in [0.25, 0.3) is 16.9 Å². The average Bonchev–Trinajstić information content (AvgIpc) is 3.20. The second-order valence-corrected chi connectivity index (χ2v) is 7.11. The van der Waals surface area contributed by atoms with Gasteiger partial charge in [0.05, 0.1) is 19.0 Å². The predicted molar refractivity (Wildman–Crippen MR) is 102 cm³/mol. The van der Waals surface area contributed by atoms with Crippen LogP contribution in [0.3, 0.4) is 0 Å². The largest absolute Gasteiger partial charge is 0.505 e. The van der Waals surface area contributed by atoms with Gasteiger partial charge in [-0.3, -0.25) is 0 Å². The summed E-state index contributed by atoms with van der Waals surface area (Å²) >= 11 is 0. The lowest BCUT2D eigenvalue weighted by molar-refractivity contribution is 0.200. The van der Waals surface area contributed by atoms with Gasteiger partial charge in [0.1, 0.15) is 17.7 Å². The molecule has 2 heterocycles. The van der Waals surface area contributed by atoms with E-state index in [0.717, 1.165) is 25.7 Å². The standard InChI is InChI=1S/C20H22FN5O2/c21-19-16(2-1-3-17(19)27)26-10-14(8-25-26)20-18(9-23-12-24-20)28-11-13-4-6-15(22)7-5-13/h1-3,8-10,12-13,15,27H,4-7,11,22H2. The van der Waals surface area contributed by atoms with Gasteiger partial charge in [0.15, 0.2) is 17.3 Å². The van der Waals surface area contributed by atoms with Crippen molar-refractivity contribution in [1.82, 2.24) is 19.7 Å². The third kappa shape index (κ3) is 3.82. The zero-order chi connectivity index (χ0) is 19.5. The van der Waals surface area contributed by atoms with Crippen molar-refractivity contribution >= 4 is 0 Å². The third-order valence-corrected chi connectivity index (χ3v) is 5.11. The number of hydrogen-bond donors (Lipinski definition) is 2. The van der Waals surface area contributed by atoms with Crippen LogP contribution >= 0.6 is 0 Å². The Balaban J connectivity index is 1.54. The van der Waals surface area contributed by atoms with Crippen LogP contribution < -0.4 is 10.5 Å². The molecule has 1 aromatic carbocycles. The maximum Gasteiger partial charge on any atom is 0.190 e. The molecule has 1 fully saturated rings. The summed E-state index contributed by atoms with van der Waals surface area (Å²) in [5.41, 5.74) is 7.38. The highest BCUT2D eigenvalue weighted by Crippen LogP contribution is 2.30. The van der Waals surface area contributed by atoms with Crippen LogP contribution in [0.1, 0.15) is 25.7 Å². The van der Waals surface area contributed by atoms with E-state index >= 15 is 0 Å². The molecule has 0 bridgehead atoms. The Morgan fingerprint density at radius 1 is 1.21 bits per heavy atom. The van der Waals surface area contributed by atoms with Crippen LogP contribution in [0.15, 0.2) is 43.1 Å². The number of aromatic hydroxyl groups is 1. The Kier molecular flexibility index (Phi) is 5.21. The number of ether oxygens (including phenoxy) is 1. The number of nitrogens with zero attached hydrogens (tertiary/aromatic N) is 4. The van der Waals surface area contributed by atoms with E-state index in [2.05, 4.69) is 15.1 Å². The number of phenols is 1. The van der Waals surface area contributed by atoms with E-state index in [9.17, 15) is 9.50 Å². The Labute approximate surface area is 162 Å². The highest BCUT2D eigenvalue weighted by Gasteiger charge is 2.20. The second-order valence-electron chi connectivity index (χ2n) is 7.11. The molecule has 0 atom stereocenters. The summed E-state index contributed by atoms with van der Waals surface area (Å²) < 4.78 is 21.5. The number of hydrogen-bond acceptors (Lipinski definition) is 6. The van der Waals surface area contributed by atoms with Crippen molar-refractivity contribution in [2.24, 2.45) is 11.7 Å². The minimum Gasteiger partial charge on any atom is -0.505 e. The average molecular weight is 383 g/mol. The van der Waals surface area contributed by atoms with Crippen molar-refractivity contribution in [1.29, 1.82) is 0 Å². The van der Waals surface area contributed by atoms with Crippen molar-refractivity contribution < 1.29 is 14.2 Å². The maximum atomic E-state index is 14.2. The summed E-state index contributed by atoms with van der Waals surface area (Å²) in [5, 5.41) is 13.8. The number of nitrogens with two attached hydrogens (primary N) is 1. The van der Waals surface area contributed by atoms with Gasteiger partial charge in [0, 0.05) is 17.8 Å². The summed E-state index contributed by atoms with van der Waals surface area (Å²) in [6, 6.07) is 4.69. The van der Waals surface area contributed by atoms with Gasteiger partial charge in [-0.2, -0.15) is 5.10 Å². The third-order valence-electron chi connectivity index (χ3n) is 5.11. The molecule has 0 radical (unpaired) electrons. The fraction of sp³-hybridized carbons (Fsp3) is 0.350. The van der Waals surface area contributed by atoms with Crippen molar-refractivity contribution in [2.75, 3.05) is 6.61 Å². The van der Waals surface area contributed by atoms with Crippen molar-refractivity contribution in [3.63, 3.8) is 0 Å². The predicted octanol–water partition coefficient (Wildman–Crippen LogP) is 3.07. The van der Waals surface area contributed by atoms with Gasteiger partial charge >= 0.3 is 0 Å². The van der Waals surface area contributed by atoms with Gasteiger partial charge in [-0.25, -0.2) is 19.0 Å². The monoisotopic (exact) mass is 383 g/mol. The lowest BCUT2D eigenvalue weighted by Crippen LogP contribution is -2.28. The molecule has 3 N–H and O–H groups in total. The summed E-state index contributed by atoms with van der Waals surface area (Å²) in [7, 11) is 0. The van der Waals surface area contributed by atoms with E-state index in [1.165, 1.54) is 23.1 Å².